The largest absolute Gasteiger partial charge is 0.402 e. The zero-order valence-electron chi connectivity index (χ0n) is 10.9. The molecule has 1 fully saturated rings. The number of allylic oxidation sites excluding steroid dienone is 2. The third-order valence-electron chi connectivity index (χ3n) is 4.01. The van der Waals surface area contributed by atoms with Gasteiger partial charge < -0.3 is 11.2 Å². The van der Waals surface area contributed by atoms with Crippen LogP contribution in [0, 0.1) is 5.92 Å². The number of hydrazone groups is 1. The Morgan fingerprint density at radius 3 is 2.65 bits per heavy atom. The minimum Gasteiger partial charge on any atom is -0.402 e. The van der Waals surface area contributed by atoms with E-state index in [1.807, 2.05) is 6.21 Å². The number of hydrogen-bond donors (Lipinski definition) is 2. The van der Waals surface area contributed by atoms with E-state index in [0.29, 0.717) is 12.0 Å². The molecule has 2 aliphatic rings. The summed E-state index contributed by atoms with van der Waals surface area (Å²) in [4.78, 5) is 0. The molecule has 0 aromatic rings. The zero-order valence-corrected chi connectivity index (χ0v) is 10.9. The van der Waals surface area contributed by atoms with Crippen LogP contribution in [0.1, 0.15) is 58.3 Å². The molecule has 1 atom stereocenters. The van der Waals surface area contributed by atoms with Crippen molar-refractivity contribution in [2.45, 2.75) is 64.3 Å². The first kappa shape index (κ1) is 12.5. The first-order chi connectivity index (χ1) is 8.27. The van der Waals surface area contributed by atoms with Gasteiger partial charge in [0.2, 0.25) is 0 Å². The van der Waals surface area contributed by atoms with Crippen molar-refractivity contribution in [2.75, 3.05) is 0 Å². The second-order valence-electron chi connectivity index (χ2n) is 5.43. The molecule has 0 aromatic carbocycles. The maximum absolute atomic E-state index is 6.07. The molecule has 2 rings (SSSR count). The number of nitrogens with two attached hydrogens (primary N) is 1. The van der Waals surface area contributed by atoms with Gasteiger partial charge in [-0.25, -0.2) is 0 Å². The molecule has 3 N–H and O–H groups in total. The summed E-state index contributed by atoms with van der Waals surface area (Å²) in [6, 6.07) is 0.608. The highest BCUT2D eigenvalue weighted by Gasteiger charge is 2.16. The molecule has 0 aromatic heterocycles. The summed E-state index contributed by atoms with van der Waals surface area (Å²) in [5.41, 5.74) is 11.9. The lowest BCUT2D eigenvalue weighted by Gasteiger charge is -2.20. The van der Waals surface area contributed by atoms with Crippen molar-refractivity contribution < 1.29 is 0 Å². The molecule has 1 saturated carbocycles. The number of hydrogen-bond acceptors (Lipinski definition) is 3. The van der Waals surface area contributed by atoms with E-state index in [1.54, 1.807) is 0 Å². The van der Waals surface area contributed by atoms with Crippen LogP contribution >= 0.6 is 0 Å². The van der Waals surface area contributed by atoms with Gasteiger partial charge in [0.25, 0.3) is 0 Å². The average Bonchev–Trinajstić information content (AvgIpc) is 2.82. The fourth-order valence-corrected chi connectivity index (χ4v) is 2.88. The third kappa shape index (κ3) is 3.48. The van der Waals surface area contributed by atoms with Crippen LogP contribution in [0.4, 0.5) is 0 Å². The highest BCUT2D eigenvalue weighted by atomic mass is 15.3. The SMILES string of the molecule is CC(C=NNC1CCCC1)C1=C(N)CCCC1. The first-order valence-corrected chi connectivity index (χ1v) is 7.03. The van der Waals surface area contributed by atoms with E-state index in [2.05, 4.69) is 17.5 Å². The predicted molar refractivity (Wildman–Crippen MR) is 72.7 cm³/mol. The number of nitrogens with one attached hydrogen (secondary N) is 1. The molecule has 0 radical (unpaired) electrons. The monoisotopic (exact) mass is 235 g/mol. The van der Waals surface area contributed by atoms with Crippen molar-refractivity contribution in [3.05, 3.63) is 11.3 Å². The quantitative estimate of drug-likeness (QED) is 0.581. The molecule has 3 heteroatoms. The van der Waals surface area contributed by atoms with Gasteiger partial charge in [0.15, 0.2) is 0 Å². The van der Waals surface area contributed by atoms with E-state index >= 15 is 0 Å². The average molecular weight is 235 g/mol. The van der Waals surface area contributed by atoms with E-state index in [0.717, 1.165) is 18.5 Å². The lowest BCUT2D eigenvalue weighted by molar-refractivity contribution is 0.545. The topological polar surface area (TPSA) is 50.4 Å². The Bertz CT molecular complexity index is 301. The molecule has 0 bridgehead atoms. The Morgan fingerprint density at radius 1 is 1.24 bits per heavy atom. The summed E-state index contributed by atoms with van der Waals surface area (Å²) >= 11 is 0. The Labute approximate surface area is 105 Å². The van der Waals surface area contributed by atoms with Crippen molar-refractivity contribution in [1.29, 1.82) is 0 Å². The molecule has 0 spiro atoms. The molecule has 17 heavy (non-hydrogen) atoms. The predicted octanol–water partition coefficient (Wildman–Crippen LogP) is 2.93. The Balaban J connectivity index is 1.82. The molecule has 0 heterocycles. The van der Waals surface area contributed by atoms with Gasteiger partial charge in [-0.2, -0.15) is 5.10 Å². The molecule has 3 nitrogen and oxygen atoms in total. The molecule has 1 unspecified atom stereocenters. The van der Waals surface area contributed by atoms with Crippen LogP contribution in [-0.4, -0.2) is 12.3 Å². The fourth-order valence-electron chi connectivity index (χ4n) is 2.88. The van der Waals surface area contributed by atoms with Gasteiger partial charge in [0.05, 0.1) is 0 Å². The summed E-state index contributed by atoms with van der Waals surface area (Å²) < 4.78 is 0. The minimum absolute atomic E-state index is 0.393. The van der Waals surface area contributed by atoms with Gasteiger partial charge in [-0.15, -0.1) is 0 Å². The van der Waals surface area contributed by atoms with Crippen LogP contribution in [0.25, 0.3) is 0 Å². The van der Waals surface area contributed by atoms with Crippen molar-refractivity contribution in [3.8, 4) is 0 Å². The summed E-state index contributed by atoms with van der Waals surface area (Å²) in [6.45, 7) is 2.20. The number of nitrogens with zero attached hydrogens (tertiary/aromatic N) is 1. The third-order valence-corrected chi connectivity index (χ3v) is 4.01. The molecule has 2 aliphatic carbocycles. The van der Waals surface area contributed by atoms with Crippen molar-refractivity contribution in [2.24, 2.45) is 16.8 Å². The van der Waals surface area contributed by atoms with Crippen LogP contribution in [-0.2, 0) is 0 Å². The maximum atomic E-state index is 6.07. The summed E-state index contributed by atoms with van der Waals surface area (Å²) in [5.74, 6) is 0.393. The van der Waals surface area contributed by atoms with Crippen LogP contribution in [0.2, 0.25) is 0 Å². The van der Waals surface area contributed by atoms with E-state index < -0.39 is 0 Å². The Kier molecular flexibility index (Phi) is 4.46. The Hall–Kier alpha value is -0.990. The second-order valence-corrected chi connectivity index (χ2v) is 5.43. The number of rotatable bonds is 4. The van der Waals surface area contributed by atoms with Crippen molar-refractivity contribution >= 4 is 6.21 Å². The van der Waals surface area contributed by atoms with Crippen LogP contribution < -0.4 is 11.2 Å². The van der Waals surface area contributed by atoms with Gasteiger partial charge >= 0.3 is 0 Å². The van der Waals surface area contributed by atoms with Crippen LogP contribution in [0.3, 0.4) is 0 Å². The fraction of sp³-hybridized carbons (Fsp3) is 0.786. The zero-order chi connectivity index (χ0) is 12.1. The van der Waals surface area contributed by atoms with Crippen LogP contribution in [0.15, 0.2) is 16.4 Å². The highest BCUT2D eigenvalue weighted by molar-refractivity contribution is 5.64. The van der Waals surface area contributed by atoms with Crippen molar-refractivity contribution in [3.63, 3.8) is 0 Å². The summed E-state index contributed by atoms with van der Waals surface area (Å²) in [7, 11) is 0. The lowest BCUT2D eigenvalue weighted by Crippen LogP contribution is -2.21. The maximum Gasteiger partial charge on any atom is 0.0440 e. The van der Waals surface area contributed by atoms with E-state index in [4.69, 9.17) is 5.73 Å². The molecule has 0 aliphatic heterocycles. The van der Waals surface area contributed by atoms with E-state index in [1.165, 1.54) is 44.1 Å². The molecule has 96 valence electrons. The highest BCUT2D eigenvalue weighted by Crippen LogP contribution is 2.26. The molecule has 0 amide bonds. The van der Waals surface area contributed by atoms with Gasteiger partial charge in [0, 0.05) is 23.9 Å². The first-order valence-electron chi connectivity index (χ1n) is 7.03. The van der Waals surface area contributed by atoms with Crippen LogP contribution in [0.5, 0.6) is 0 Å². The molecule has 0 saturated heterocycles. The molecular formula is C14H25N3. The van der Waals surface area contributed by atoms with Gasteiger partial charge in [0.1, 0.15) is 0 Å². The van der Waals surface area contributed by atoms with E-state index in [-0.39, 0.29) is 0 Å². The molecular weight excluding hydrogens is 210 g/mol. The Morgan fingerprint density at radius 2 is 1.94 bits per heavy atom. The minimum atomic E-state index is 0.393. The van der Waals surface area contributed by atoms with E-state index in [9.17, 15) is 0 Å². The lowest BCUT2D eigenvalue weighted by atomic mass is 9.89. The van der Waals surface area contributed by atoms with Crippen molar-refractivity contribution in [1.82, 2.24) is 5.43 Å². The van der Waals surface area contributed by atoms with Gasteiger partial charge in [-0.05, 0) is 44.1 Å². The van der Waals surface area contributed by atoms with Gasteiger partial charge in [-0.3, -0.25) is 0 Å². The standard InChI is InChI=1S/C14H25N3/c1-11(13-8-4-5-9-14(13)15)10-16-17-12-6-2-3-7-12/h10-12,17H,2-9,15H2,1H3. The normalized spacial score (nSPS) is 24.5. The smallest absolute Gasteiger partial charge is 0.0440 e. The summed E-state index contributed by atoms with van der Waals surface area (Å²) in [5, 5.41) is 4.40. The summed E-state index contributed by atoms with van der Waals surface area (Å²) in [6.07, 6.45) is 12.0. The second kappa shape index (κ2) is 6.08. The van der Waals surface area contributed by atoms with Gasteiger partial charge in [-0.1, -0.05) is 19.8 Å².